The molecule has 0 aliphatic carbocycles. The van der Waals surface area contributed by atoms with Crippen LogP contribution in [0.15, 0.2) is 18.5 Å². The minimum atomic E-state index is 0.548. The summed E-state index contributed by atoms with van der Waals surface area (Å²) < 4.78 is 5.31. The van der Waals surface area contributed by atoms with Gasteiger partial charge in [0.2, 0.25) is 0 Å². The zero-order chi connectivity index (χ0) is 9.80. The summed E-state index contributed by atoms with van der Waals surface area (Å²) in [6, 6.07) is 2.58. The largest absolute Gasteiger partial charge is 0.381 e. The van der Waals surface area contributed by atoms with Crippen molar-refractivity contribution in [1.82, 2.24) is 4.98 Å². The maximum atomic E-state index is 5.31. The van der Waals surface area contributed by atoms with Crippen molar-refractivity contribution in [2.75, 3.05) is 18.5 Å². The van der Waals surface area contributed by atoms with E-state index in [4.69, 9.17) is 4.74 Å². The van der Waals surface area contributed by atoms with Gasteiger partial charge in [0, 0.05) is 25.5 Å². The van der Waals surface area contributed by atoms with Crippen molar-refractivity contribution in [3.8, 4) is 0 Å². The molecule has 0 bridgehead atoms. The molecule has 0 amide bonds. The zero-order valence-corrected chi connectivity index (χ0v) is 8.49. The van der Waals surface area contributed by atoms with E-state index in [-0.39, 0.29) is 0 Å². The van der Waals surface area contributed by atoms with Gasteiger partial charge in [0.05, 0.1) is 11.9 Å². The highest BCUT2D eigenvalue weighted by atomic mass is 16.5. The van der Waals surface area contributed by atoms with Crippen molar-refractivity contribution in [2.45, 2.75) is 25.8 Å². The Bertz CT molecular complexity index is 295. The normalized spacial score (nSPS) is 18.1. The van der Waals surface area contributed by atoms with Crippen LogP contribution in [0.2, 0.25) is 0 Å². The van der Waals surface area contributed by atoms with E-state index in [0.29, 0.717) is 6.04 Å². The number of aryl methyl sites for hydroxylation is 1. The molecule has 1 aromatic heterocycles. The lowest BCUT2D eigenvalue weighted by atomic mass is 10.1. The first-order valence-corrected chi connectivity index (χ1v) is 5.11. The average molecular weight is 192 g/mol. The molecule has 0 atom stereocenters. The highest BCUT2D eigenvalue weighted by Gasteiger charge is 2.13. The molecule has 0 spiro atoms. The van der Waals surface area contributed by atoms with Gasteiger partial charge in [-0.3, -0.25) is 4.98 Å². The topological polar surface area (TPSA) is 34.2 Å². The van der Waals surface area contributed by atoms with Crippen LogP contribution < -0.4 is 5.32 Å². The van der Waals surface area contributed by atoms with E-state index in [1.54, 1.807) is 0 Å². The Morgan fingerprint density at radius 2 is 2.21 bits per heavy atom. The fourth-order valence-electron chi connectivity index (χ4n) is 1.68. The van der Waals surface area contributed by atoms with Crippen molar-refractivity contribution in [1.29, 1.82) is 0 Å². The lowest BCUT2D eigenvalue weighted by Gasteiger charge is -2.24. The fourth-order valence-corrected chi connectivity index (χ4v) is 1.68. The Balaban J connectivity index is 1.99. The summed E-state index contributed by atoms with van der Waals surface area (Å²) in [5.74, 6) is 0. The number of aromatic nitrogens is 1. The van der Waals surface area contributed by atoms with Crippen LogP contribution in [0.5, 0.6) is 0 Å². The number of hydrogen-bond donors (Lipinski definition) is 1. The summed E-state index contributed by atoms with van der Waals surface area (Å²) in [5.41, 5.74) is 2.41. The van der Waals surface area contributed by atoms with Gasteiger partial charge < -0.3 is 10.1 Å². The number of nitrogens with zero attached hydrogens (tertiary/aromatic N) is 1. The van der Waals surface area contributed by atoms with E-state index in [1.807, 2.05) is 18.5 Å². The average Bonchev–Trinajstić information content (AvgIpc) is 2.23. The summed E-state index contributed by atoms with van der Waals surface area (Å²) in [6.07, 6.45) is 5.90. The van der Waals surface area contributed by atoms with E-state index in [1.165, 1.54) is 5.56 Å². The summed E-state index contributed by atoms with van der Waals surface area (Å²) >= 11 is 0. The molecular weight excluding hydrogens is 176 g/mol. The third-order valence-electron chi connectivity index (χ3n) is 2.62. The summed E-state index contributed by atoms with van der Waals surface area (Å²) in [6.45, 7) is 3.84. The van der Waals surface area contributed by atoms with Crippen LogP contribution in [-0.4, -0.2) is 24.2 Å². The molecule has 3 heteroatoms. The van der Waals surface area contributed by atoms with Crippen molar-refractivity contribution >= 4 is 5.69 Å². The molecule has 1 aliphatic rings. The summed E-state index contributed by atoms with van der Waals surface area (Å²) in [4.78, 5) is 4.12. The van der Waals surface area contributed by atoms with E-state index >= 15 is 0 Å². The first-order chi connectivity index (χ1) is 6.86. The third-order valence-corrected chi connectivity index (χ3v) is 2.62. The molecule has 0 radical (unpaired) electrons. The van der Waals surface area contributed by atoms with Crippen LogP contribution in [0.3, 0.4) is 0 Å². The van der Waals surface area contributed by atoms with Crippen molar-refractivity contribution in [2.24, 2.45) is 0 Å². The molecular formula is C11H16N2O. The molecule has 0 unspecified atom stereocenters. The predicted octanol–water partition coefficient (Wildman–Crippen LogP) is 1.98. The minimum Gasteiger partial charge on any atom is -0.381 e. The smallest absolute Gasteiger partial charge is 0.0558 e. The minimum absolute atomic E-state index is 0.548. The van der Waals surface area contributed by atoms with Crippen molar-refractivity contribution in [3.05, 3.63) is 24.0 Å². The first-order valence-electron chi connectivity index (χ1n) is 5.11. The van der Waals surface area contributed by atoms with Crippen LogP contribution in [0.4, 0.5) is 5.69 Å². The molecule has 2 rings (SSSR count). The highest BCUT2D eigenvalue weighted by molar-refractivity contribution is 5.48. The number of hydrogen-bond acceptors (Lipinski definition) is 3. The van der Waals surface area contributed by atoms with Crippen LogP contribution in [0.25, 0.3) is 0 Å². The monoisotopic (exact) mass is 192 g/mol. The second-order valence-electron chi connectivity index (χ2n) is 3.72. The zero-order valence-electron chi connectivity index (χ0n) is 8.49. The molecule has 2 heterocycles. The first kappa shape index (κ1) is 9.46. The van der Waals surface area contributed by atoms with Gasteiger partial charge in [-0.2, -0.15) is 0 Å². The number of nitrogens with one attached hydrogen (secondary N) is 1. The van der Waals surface area contributed by atoms with Crippen LogP contribution >= 0.6 is 0 Å². The van der Waals surface area contributed by atoms with Crippen molar-refractivity contribution < 1.29 is 4.74 Å². The molecule has 1 aromatic rings. The van der Waals surface area contributed by atoms with E-state index in [2.05, 4.69) is 17.2 Å². The van der Waals surface area contributed by atoms with Gasteiger partial charge in [-0.15, -0.1) is 0 Å². The number of anilines is 1. The molecule has 76 valence electrons. The Kier molecular flexibility index (Phi) is 2.99. The standard InChI is InChI=1S/C11H16N2O/c1-9-2-5-12-8-11(9)13-10-3-6-14-7-4-10/h2,5,8,10,13H,3-4,6-7H2,1H3. The Morgan fingerprint density at radius 1 is 1.43 bits per heavy atom. The molecule has 1 N–H and O–H groups in total. The molecule has 0 aromatic carbocycles. The van der Waals surface area contributed by atoms with Gasteiger partial charge in [-0.05, 0) is 31.4 Å². The maximum Gasteiger partial charge on any atom is 0.0558 e. The van der Waals surface area contributed by atoms with Crippen LogP contribution in [0, 0.1) is 6.92 Å². The number of rotatable bonds is 2. The fraction of sp³-hybridized carbons (Fsp3) is 0.545. The second-order valence-corrected chi connectivity index (χ2v) is 3.72. The maximum absolute atomic E-state index is 5.31. The molecule has 3 nitrogen and oxygen atoms in total. The molecule has 1 fully saturated rings. The lowest BCUT2D eigenvalue weighted by Crippen LogP contribution is -2.28. The third kappa shape index (κ3) is 2.23. The Labute approximate surface area is 84.5 Å². The molecule has 14 heavy (non-hydrogen) atoms. The summed E-state index contributed by atoms with van der Waals surface area (Å²) in [5, 5.41) is 3.51. The van der Waals surface area contributed by atoms with E-state index in [9.17, 15) is 0 Å². The lowest BCUT2D eigenvalue weighted by molar-refractivity contribution is 0.0904. The van der Waals surface area contributed by atoms with Crippen LogP contribution in [-0.2, 0) is 4.74 Å². The quantitative estimate of drug-likeness (QED) is 0.778. The van der Waals surface area contributed by atoms with Gasteiger partial charge in [0.25, 0.3) is 0 Å². The predicted molar refractivity (Wildman–Crippen MR) is 56.4 cm³/mol. The Hall–Kier alpha value is -1.09. The SMILES string of the molecule is Cc1ccncc1NC1CCOCC1. The molecule has 0 saturated carbocycles. The van der Waals surface area contributed by atoms with E-state index in [0.717, 1.165) is 31.7 Å². The van der Waals surface area contributed by atoms with Gasteiger partial charge in [0.15, 0.2) is 0 Å². The van der Waals surface area contributed by atoms with Crippen molar-refractivity contribution in [3.63, 3.8) is 0 Å². The van der Waals surface area contributed by atoms with Gasteiger partial charge in [-0.1, -0.05) is 0 Å². The molecule has 1 saturated heterocycles. The summed E-state index contributed by atoms with van der Waals surface area (Å²) in [7, 11) is 0. The number of ether oxygens (including phenoxy) is 1. The van der Waals surface area contributed by atoms with Crippen LogP contribution in [0.1, 0.15) is 18.4 Å². The van der Waals surface area contributed by atoms with E-state index < -0.39 is 0 Å². The highest BCUT2D eigenvalue weighted by Crippen LogP contribution is 2.17. The van der Waals surface area contributed by atoms with Gasteiger partial charge in [-0.25, -0.2) is 0 Å². The Morgan fingerprint density at radius 3 is 2.93 bits per heavy atom. The second kappa shape index (κ2) is 4.42. The number of pyridine rings is 1. The molecule has 1 aliphatic heterocycles. The van der Waals surface area contributed by atoms with Gasteiger partial charge >= 0.3 is 0 Å². The van der Waals surface area contributed by atoms with Gasteiger partial charge in [0.1, 0.15) is 0 Å².